The second kappa shape index (κ2) is 22.5. The molecule has 0 bridgehead atoms. The topological polar surface area (TPSA) is 115 Å². The summed E-state index contributed by atoms with van der Waals surface area (Å²) in [6.45, 7) is 1.19. The zero-order chi connectivity index (χ0) is 6.99. The van der Waals surface area contributed by atoms with Crippen molar-refractivity contribution in [2.75, 3.05) is 13.1 Å². The minimum absolute atomic E-state index is 0. The molecule has 7 heteroatoms. The van der Waals surface area contributed by atoms with Crippen molar-refractivity contribution in [2.45, 2.75) is 0 Å². The molecule has 0 aliphatic carbocycles. The Hall–Kier alpha value is 2.46. The Bertz CT molecular complexity index is 57.7. The first-order valence-corrected chi connectivity index (χ1v) is 1.93. The van der Waals surface area contributed by atoms with Crippen LogP contribution in [0.5, 0.6) is 0 Å². The number of nitrogens with two attached hydrogens (primary N) is 2. The zero-order valence-electron chi connectivity index (χ0n) is 6.29. The summed E-state index contributed by atoms with van der Waals surface area (Å²) in [5.41, 5.74) is 9.81. The first-order valence-electron chi connectivity index (χ1n) is 1.93. The second-order valence-corrected chi connectivity index (χ2v) is 0.827. The third-order valence-corrected chi connectivity index (χ3v) is 0.167. The molecular weight excluding hydrogens is 190 g/mol. The van der Waals surface area contributed by atoms with Gasteiger partial charge in [0.1, 0.15) is 0 Å². The molecule has 0 rings (SSSR count). The van der Waals surface area contributed by atoms with Gasteiger partial charge in [0.2, 0.25) is 0 Å². The molecule has 0 radical (unpaired) electrons. The van der Waals surface area contributed by atoms with Gasteiger partial charge in [0, 0.05) is 13.1 Å². The van der Waals surface area contributed by atoms with Crippen LogP contribution in [0.4, 0.5) is 4.79 Å². The molecule has 0 atom stereocenters. The maximum atomic E-state index is 8.33. The van der Waals surface area contributed by atoms with Crippen molar-refractivity contribution in [3.8, 4) is 0 Å². The third-order valence-electron chi connectivity index (χ3n) is 0.167. The summed E-state index contributed by atoms with van der Waals surface area (Å²) >= 11 is 0. The van der Waals surface area contributed by atoms with Crippen LogP contribution in [0.1, 0.15) is 0 Å². The van der Waals surface area contributed by atoms with Crippen molar-refractivity contribution in [2.24, 2.45) is 11.5 Å². The van der Waals surface area contributed by atoms with Crippen molar-refractivity contribution in [3.63, 3.8) is 0 Å². The van der Waals surface area contributed by atoms with Gasteiger partial charge in [-0.25, -0.2) is 0 Å². The summed E-state index contributed by atoms with van der Waals surface area (Å²) in [4.78, 5) is 8.33. The Labute approximate surface area is 145 Å². The fourth-order valence-electron chi connectivity index (χ4n) is 0. The molecule has 0 fully saturated rings. The van der Waals surface area contributed by atoms with Gasteiger partial charge in [-0.2, -0.15) is 0 Å². The van der Waals surface area contributed by atoms with Crippen molar-refractivity contribution in [1.29, 1.82) is 0 Å². The van der Waals surface area contributed by atoms with Crippen LogP contribution >= 0.6 is 0 Å². The van der Waals surface area contributed by atoms with E-state index in [4.69, 9.17) is 26.5 Å². The molecule has 0 aliphatic heterocycles. The number of carboxylic acid groups (broad SMARTS) is 2. The van der Waals surface area contributed by atoms with E-state index in [-0.39, 0.29) is 103 Å². The Morgan fingerprint density at radius 1 is 1.10 bits per heavy atom. The molecule has 0 aromatic carbocycles. The average Bonchev–Trinajstić information content (AvgIpc) is 1.65. The van der Waals surface area contributed by atoms with E-state index in [0.29, 0.717) is 13.1 Å². The first kappa shape index (κ1) is 22.9. The van der Waals surface area contributed by atoms with E-state index in [1.165, 1.54) is 0 Å². The summed E-state index contributed by atoms with van der Waals surface area (Å²) < 4.78 is 0. The van der Waals surface area contributed by atoms with Gasteiger partial charge in [-0.15, -0.1) is 0 Å². The molecule has 4 N–H and O–H groups in total. The minimum Gasteiger partial charge on any atom is -0.652 e. The molecule has 0 aliphatic rings. The summed E-state index contributed by atoms with van der Waals surface area (Å²) in [5, 5.41) is 16.7. The Kier molecular flexibility index (Phi) is 51.5. The van der Waals surface area contributed by atoms with Gasteiger partial charge in [0.25, 0.3) is 0 Å². The van der Waals surface area contributed by atoms with Crippen molar-refractivity contribution in [3.05, 3.63) is 0 Å². The van der Waals surface area contributed by atoms with Gasteiger partial charge in [0.15, 0.2) is 0 Å². The van der Waals surface area contributed by atoms with Gasteiger partial charge in [-0.1, -0.05) is 0 Å². The maximum Gasteiger partial charge on any atom is 1.00 e. The van der Waals surface area contributed by atoms with Crippen LogP contribution in [-0.2, 0) is 0 Å². The molecule has 0 aromatic heterocycles. The molecule has 0 spiro atoms. The molecule has 5 nitrogen and oxygen atoms in total. The van der Waals surface area contributed by atoms with Gasteiger partial charge in [0.05, 0.1) is 0 Å². The van der Waals surface area contributed by atoms with Crippen LogP contribution in [0.25, 0.3) is 0 Å². The van der Waals surface area contributed by atoms with Crippen molar-refractivity contribution < 1.29 is 118 Å². The number of hydrogen-bond donors (Lipinski definition) is 2. The Morgan fingerprint density at radius 3 is 1.20 bits per heavy atom. The monoisotopic (exact) mass is 198 g/mol. The average molecular weight is 198 g/mol. The molecule has 0 saturated heterocycles. The van der Waals surface area contributed by atoms with Gasteiger partial charge >= 0.3 is 103 Å². The summed E-state index contributed by atoms with van der Waals surface area (Å²) in [6, 6.07) is 0. The van der Waals surface area contributed by atoms with E-state index >= 15 is 0 Å². The molecule has 0 heterocycles. The Balaban J connectivity index is -0.0000000300. The molecule has 50 valence electrons. The van der Waals surface area contributed by atoms with Crippen LogP contribution in [0.15, 0.2) is 0 Å². The molecule has 0 unspecified atom stereocenters. The number of carbonyl (C=O) groups is 1. The molecule has 0 amide bonds. The van der Waals surface area contributed by atoms with Gasteiger partial charge in [-0.3, -0.25) is 0 Å². The number of rotatable bonds is 1. The summed E-state index contributed by atoms with van der Waals surface area (Å²) in [7, 11) is 0. The SMILES string of the molecule is NCCN.O=C([O-])[O-].[K+].[K+]. The predicted octanol–water partition coefficient (Wildman–Crippen LogP) is -9.54. The number of carbonyl (C=O) groups excluding carboxylic acids is 1. The van der Waals surface area contributed by atoms with Crippen molar-refractivity contribution in [1.82, 2.24) is 0 Å². The summed E-state index contributed by atoms with van der Waals surface area (Å²) in [5.74, 6) is 0. The fourth-order valence-corrected chi connectivity index (χ4v) is 0. The third kappa shape index (κ3) is 78.1. The largest absolute Gasteiger partial charge is 1.00 e. The maximum absolute atomic E-state index is 8.33. The van der Waals surface area contributed by atoms with Crippen molar-refractivity contribution >= 4 is 6.16 Å². The molecule has 10 heavy (non-hydrogen) atoms. The van der Waals surface area contributed by atoms with Crippen LogP contribution in [0.3, 0.4) is 0 Å². The van der Waals surface area contributed by atoms with Crippen LogP contribution < -0.4 is 124 Å². The van der Waals surface area contributed by atoms with Crippen LogP contribution in [0, 0.1) is 0 Å². The van der Waals surface area contributed by atoms with Gasteiger partial charge < -0.3 is 26.5 Å². The zero-order valence-corrected chi connectivity index (χ0v) is 12.5. The standard InChI is InChI=1S/C2H8N2.CH2O3.2K/c3-1-2-4;2-1(3)4;;/h1-4H2;(H2,2,3,4);;/q;;2*+1/p-2. The van der Waals surface area contributed by atoms with Crippen LogP contribution in [-0.4, -0.2) is 19.2 Å². The fraction of sp³-hybridized carbons (Fsp3) is 0.667. The minimum atomic E-state index is -2.33. The van der Waals surface area contributed by atoms with E-state index in [0.717, 1.165) is 0 Å². The van der Waals surface area contributed by atoms with E-state index in [9.17, 15) is 0 Å². The van der Waals surface area contributed by atoms with E-state index in [2.05, 4.69) is 0 Å². The normalized spacial score (nSPS) is 5.40. The molecular formula is C3H8K2N2O3. The van der Waals surface area contributed by atoms with E-state index in [1.54, 1.807) is 0 Å². The number of hydrogen-bond acceptors (Lipinski definition) is 5. The predicted molar refractivity (Wildman–Crippen MR) is 23.5 cm³/mol. The smallest absolute Gasteiger partial charge is 0.652 e. The van der Waals surface area contributed by atoms with Gasteiger partial charge in [-0.05, 0) is 6.16 Å². The van der Waals surface area contributed by atoms with E-state index < -0.39 is 6.16 Å². The summed E-state index contributed by atoms with van der Waals surface area (Å²) in [6.07, 6.45) is -2.33. The van der Waals surface area contributed by atoms with Crippen LogP contribution in [0.2, 0.25) is 0 Å². The Morgan fingerprint density at radius 2 is 1.20 bits per heavy atom. The molecule has 0 aromatic rings. The molecule has 0 saturated carbocycles. The quantitative estimate of drug-likeness (QED) is 0.406. The second-order valence-electron chi connectivity index (χ2n) is 0.827. The first-order chi connectivity index (χ1) is 3.65. The van der Waals surface area contributed by atoms with E-state index in [1.807, 2.05) is 0 Å².